The molecule has 0 aliphatic heterocycles. The monoisotopic (exact) mass is 546 g/mol. The highest BCUT2D eigenvalue weighted by molar-refractivity contribution is 6.35. The average Bonchev–Trinajstić information content (AvgIpc) is 2.93. The van der Waals surface area contributed by atoms with Gasteiger partial charge in [-0.15, -0.1) is 0 Å². The molecule has 0 aliphatic carbocycles. The Kier molecular flexibility index (Phi) is 9.80. The van der Waals surface area contributed by atoms with Gasteiger partial charge in [-0.25, -0.2) is 0 Å². The van der Waals surface area contributed by atoms with E-state index in [1.807, 2.05) is 61.5 Å². The third-order valence-electron chi connectivity index (χ3n) is 6.66. The van der Waals surface area contributed by atoms with E-state index in [0.29, 0.717) is 29.4 Å². The number of carbonyl (C=O) groups is 2. The third kappa shape index (κ3) is 7.15. The summed E-state index contributed by atoms with van der Waals surface area (Å²) in [6.45, 7) is 2.76. The first kappa shape index (κ1) is 27.7. The zero-order valence-electron chi connectivity index (χ0n) is 21.5. The van der Waals surface area contributed by atoms with Crippen molar-refractivity contribution in [2.75, 3.05) is 6.54 Å². The van der Waals surface area contributed by atoms with Crippen molar-refractivity contribution in [1.29, 1.82) is 0 Å². The molecule has 4 rings (SSSR count). The Morgan fingerprint density at radius 3 is 2.37 bits per heavy atom. The fourth-order valence-corrected chi connectivity index (χ4v) is 5.12. The molecule has 0 fully saturated rings. The lowest BCUT2D eigenvalue weighted by atomic mass is 9.99. The van der Waals surface area contributed by atoms with E-state index in [1.165, 1.54) is 0 Å². The number of benzene rings is 4. The minimum Gasteiger partial charge on any atom is -0.354 e. The molecule has 6 heteroatoms. The van der Waals surface area contributed by atoms with Crippen LogP contribution >= 0.6 is 23.2 Å². The summed E-state index contributed by atoms with van der Waals surface area (Å²) in [5.74, 6) is -0.268. The third-order valence-corrected chi connectivity index (χ3v) is 7.25. The first-order valence-corrected chi connectivity index (χ1v) is 13.7. The van der Waals surface area contributed by atoms with Crippen LogP contribution < -0.4 is 5.32 Å². The number of rotatable bonds is 11. The number of halogens is 2. The van der Waals surface area contributed by atoms with Crippen molar-refractivity contribution in [3.8, 4) is 0 Å². The fourth-order valence-electron chi connectivity index (χ4n) is 4.65. The van der Waals surface area contributed by atoms with E-state index in [1.54, 1.807) is 17.0 Å². The minimum atomic E-state index is -0.685. The minimum absolute atomic E-state index is 0.100. The zero-order valence-corrected chi connectivity index (χ0v) is 23.0. The number of hydrogen-bond acceptors (Lipinski definition) is 2. The van der Waals surface area contributed by atoms with Crippen LogP contribution in [0.5, 0.6) is 0 Å². The first-order valence-electron chi connectivity index (χ1n) is 13.0. The van der Waals surface area contributed by atoms with Gasteiger partial charge in [-0.05, 0) is 52.4 Å². The summed E-state index contributed by atoms with van der Waals surface area (Å²) in [5, 5.41) is 6.28. The molecule has 4 nitrogen and oxygen atoms in total. The molecule has 0 saturated carbocycles. The average molecular weight is 548 g/mol. The second-order valence-corrected chi connectivity index (χ2v) is 10.2. The van der Waals surface area contributed by atoms with Gasteiger partial charge >= 0.3 is 0 Å². The van der Waals surface area contributed by atoms with E-state index in [2.05, 4.69) is 29.6 Å². The van der Waals surface area contributed by atoms with Crippen LogP contribution in [0.2, 0.25) is 10.0 Å². The summed E-state index contributed by atoms with van der Waals surface area (Å²) in [6, 6.07) is 28.7. The van der Waals surface area contributed by atoms with Crippen LogP contribution in [0, 0.1) is 0 Å². The molecular weight excluding hydrogens is 515 g/mol. The van der Waals surface area contributed by atoms with E-state index in [-0.39, 0.29) is 24.8 Å². The van der Waals surface area contributed by atoms with E-state index < -0.39 is 6.04 Å². The molecule has 38 heavy (non-hydrogen) atoms. The number of carbonyl (C=O) groups excluding carboxylic acids is 2. The highest BCUT2D eigenvalue weighted by atomic mass is 35.5. The van der Waals surface area contributed by atoms with E-state index in [9.17, 15) is 9.59 Å². The van der Waals surface area contributed by atoms with Gasteiger partial charge in [0.15, 0.2) is 0 Å². The van der Waals surface area contributed by atoms with Crippen molar-refractivity contribution in [3.05, 3.63) is 118 Å². The lowest BCUT2D eigenvalue weighted by molar-refractivity contribution is -0.141. The van der Waals surface area contributed by atoms with Crippen LogP contribution in [0.25, 0.3) is 10.8 Å². The molecule has 0 spiro atoms. The maximum absolute atomic E-state index is 13.9. The lowest BCUT2D eigenvalue weighted by Crippen LogP contribution is -2.50. The second kappa shape index (κ2) is 13.5. The van der Waals surface area contributed by atoms with Crippen LogP contribution in [-0.4, -0.2) is 29.3 Å². The Balaban J connectivity index is 1.65. The van der Waals surface area contributed by atoms with Gasteiger partial charge in [0.25, 0.3) is 0 Å². The van der Waals surface area contributed by atoms with Gasteiger partial charge in [-0.3, -0.25) is 9.59 Å². The largest absolute Gasteiger partial charge is 0.354 e. The normalized spacial score (nSPS) is 11.8. The maximum atomic E-state index is 13.9. The molecule has 4 aromatic carbocycles. The van der Waals surface area contributed by atoms with Crippen molar-refractivity contribution < 1.29 is 9.59 Å². The van der Waals surface area contributed by atoms with Crippen LogP contribution in [0.3, 0.4) is 0 Å². The topological polar surface area (TPSA) is 49.4 Å². The molecule has 1 atom stereocenters. The number of fused-ring (bicyclic) bond motifs is 1. The molecule has 196 valence electrons. The van der Waals surface area contributed by atoms with Crippen molar-refractivity contribution in [2.45, 2.75) is 45.2 Å². The second-order valence-electron chi connectivity index (χ2n) is 9.39. The molecule has 2 amide bonds. The highest BCUT2D eigenvalue weighted by Crippen LogP contribution is 2.25. The molecule has 0 aromatic heterocycles. The summed E-state index contributed by atoms with van der Waals surface area (Å²) >= 11 is 12.7. The van der Waals surface area contributed by atoms with Gasteiger partial charge in [0.2, 0.25) is 11.8 Å². The maximum Gasteiger partial charge on any atom is 0.243 e. The quantitative estimate of drug-likeness (QED) is 0.215. The van der Waals surface area contributed by atoms with E-state index >= 15 is 0 Å². The Bertz CT molecular complexity index is 1390. The first-order chi connectivity index (χ1) is 18.5. The summed E-state index contributed by atoms with van der Waals surface area (Å²) in [5.41, 5.74) is 2.84. The van der Waals surface area contributed by atoms with Crippen LogP contribution in [-0.2, 0) is 29.0 Å². The molecular formula is C32H32Cl2N2O2. The lowest BCUT2D eigenvalue weighted by Gasteiger charge is -2.32. The number of amides is 2. The molecule has 0 radical (unpaired) electrons. The molecule has 4 aromatic rings. The highest BCUT2D eigenvalue weighted by Gasteiger charge is 2.30. The number of nitrogens with zero attached hydrogens (tertiary/aromatic N) is 1. The molecule has 0 saturated heterocycles. The fraction of sp³-hybridized carbons (Fsp3) is 0.250. The Hall–Kier alpha value is -3.34. The van der Waals surface area contributed by atoms with Gasteiger partial charge in [0, 0.05) is 36.0 Å². The van der Waals surface area contributed by atoms with E-state index in [0.717, 1.165) is 33.9 Å². The van der Waals surface area contributed by atoms with Gasteiger partial charge in [0.05, 0.1) is 0 Å². The zero-order chi connectivity index (χ0) is 26.9. The van der Waals surface area contributed by atoms with Crippen molar-refractivity contribution in [1.82, 2.24) is 10.2 Å². The molecule has 1 unspecified atom stereocenters. The summed E-state index contributed by atoms with van der Waals surface area (Å²) < 4.78 is 0. The summed E-state index contributed by atoms with van der Waals surface area (Å²) in [6.07, 6.45) is 2.05. The predicted molar refractivity (Wildman–Crippen MR) is 157 cm³/mol. The standard InChI is InChI=1S/C32H32Cl2N2O2/c1-2-19-35-32(38)30(20-23-9-4-3-5-10-23)36(22-26-15-17-27(33)21-29(26)34)31(37)18-16-25-13-8-12-24-11-6-7-14-28(24)25/h3-15,17,21,30H,2,16,18-20,22H2,1H3,(H,35,38). The van der Waals surface area contributed by atoms with Crippen molar-refractivity contribution in [3.63, 3.8) is 0 Å². The SMILES string of the molecule is CCCNC(=O)C(Cc1ccccc1)N(Cc1ccc(Cl)cc1Cl)C(=O)CCc1cccc2ccccc12. The summed E-state index contributed by atoms with van der Waals surface area (Å²) in [7, 11) is 0. The van der Waals surface area contributed by atoms with E-state index in [4.69, 9.17) is 23.2 Å². The van der Waals surface area contributed by atoms with Gasteiger partial charge in [0.1, 0.15) is 6.04 Å². The van der Waals surface area contributed by atoms with Gasteiger partial charge < -0.3 is 10.2 Å². The summed E-state index contributed by atoms with van der Waals surface area (Å²) in [4.78, 5) is 29.1. The Labute approximate surface area is 234 Å². The molecule has 0 aliphatic rings. The Morgan fingerprint density at radius 2 is 1.61 bits per heavy atom. The molecule has 1 N–H and O–H groups in total. The van der Waals surface area contributed by atoms with Crippen LogP contribution in [0.1, 0.15) is 36.5 Å². The van der Waals surface area contributed by atoms with Crippen molar-refractivity contribution in [2.24, 2.45) is 0 Å². The number of nitrogens with one attached hydrogen (secondary N) is 1. The van der Waals surface area contributed by atoms with Crippen molar-refractivity contribution >= 4 is 45.8 Å². The number of hydrogen-bond donors (Lipinski definition) is 1. The van der Waals surface area contributed by atoms with Gasteiger partial charge in [-0.1, -0.05) is 109 Å². The van der Waals surface area contributed by atoms with Crippen LogP contribution in [0.4, 0.5) is 0 Å². The molecule has 0 heterocycles. The Morgan fingerprint density at radius 1 is 0.868 bits per heavy atom. The van der Waals surface area contributed by atoms with Gasteiger partial charge in [-0.2, -0.15) is 0 Å². The predicted octanol–water partition coefficient (Wildman–Crippen LogP) is 7.25. The number of aryl methyl sites for hydroxylation is 1. The smallest absolute Gasteiger partial charge is 0.243 e. The molecule has 0 bridgehead atoms. The van der Waals surface area contributed by atoms with Crippen LogP contribution in [0.15, 0.2) is 91.0 Å².